The predicted octanol–water partition coefficient (Wildman–Crippen LogP) is 2.36. The molecule has 2 N–H and O–H groups in total. The van der Waals surface area contributed by atoms with Crippen molar-refractivity contribution in [1.29, 1.82) is 0 Å². The number of aliphatic hydroxyl groups is 1. The van der Waals surface area contributed by atoms with Gasteiger partial charge in [0.2, 0.25) is 0 Å². The Kier molecular flexibility index (Phi) is 5.49. The van der Waals surface area contributed by atoms with Crippen molar-refractivity contribution < 1.29 is 19.0 Å². The van der Waals surface area contributed by atoms with Gasteiger partial charge in [-0.05, 0) is 42.3 Å². The third-order valence-electron chi connectivity index (χ3n) is 3.11. The zero-order valence-electron chi connectivity index (χ0n) is 12.3. The molecule has 2 aromatic rings. The summed E-state index contributed by atoms with van der Waals surface area (Å²) in [5.74, 6) is -0.0801. The lowest BCUT2D eigenvalue weighted by atomic mass is 10.1. The molecule has 0 bridgehead atoms. The average molecular weight is 303 g/mol. The molecule has 4 nitrogen and oxygen atoms in total. The van der Waals surface area contributed by atoms with Gasteiger partial charge in [-0.3, -0.25) is 4.79 Å². The second-order valence-corrected chi connectivity index (χ2v) is 4.98. The maximum Gasteiger partial charge on any atom is 0.258 e. The lowest BCUT2D eigenvalue weighted by Crippen LogP contribution is -2.32. The summed E-state index contributed by atoms with van der Waals surface area (Å²) in [4.78, 5) is 11.7. The van der Waals surface area contributed by atoms with Crippen LogP contribution in [0.2, 0.25) is 0 Å². The van der Waals surface area contributed by atoms with Crippen molar-refractivity contribution in [2.75, 3.05) is 13.2 Å². The van der Waals surface area contributed by atoms with E-state index in [1.54, 1.807) is 6.07 Å². The summed E-state index contributed by atoms with van der Waals surface area (Å²) < 4.78 is 18.1. The lowest BCUT2D eigenvalue weighted by Gasteiger charge is -2.13. The second-order valence-electron chi connectivity index (χ2n) is 4.98. The van der Waals surface area contributed by atoms with Crippen LogP contribution in [0.3, 0.4) is 0 Å². The van der Waals surface area contributed by atoms with Gasteiger partial charge < -0.3 is 15.2 Å². The van der Waals surface area contributed by atoms with Gasteiger partial charge in [0, 0.05) is 6.54 Å². The number of carbonyl (C=O) groups is 1. The Labute approximate surface area is 128 Å². The van der Waals surface area contributed by atoms with Crippen LogP contribution in [0.25, 0.3) is 0 Å². The van der Waals surface area contributed by atoms with Crippen molar-refractivity contribution in [3.63, 3.8) is 0 Å². The van der Waals surface area contributed by atoms with Crippen molar-refractivity contribution in [3.05, 3.63) is 65.5 Å². The molecule has 116 valence electrons. The average Bonchev–Trinajstić information content (AvgIpc) is 2.51. The van der Waals surface area contributed by atoms with Crippen molar-refractivity contribution in [3.8, 4) is 5.75 Å². The highest BCUT2D eigenvalue weighted by atomic mass is 19.1. The number of nitrogens with one attached hydrogen (secondary N) is 1. The summed E-state index contributed by atoms with van der Waals surface area (Å²) >= 11 is 0. The Morgan fingerprint density at radius 3 is 2.68 bits per heavy atom. The van der Waals surface area contributed by atoms with Gasteiger partial charge in [0.25, 0.3) is 5.91 Å². The summed E-state index contributed by atoms with van der Waals surface area (Å²) in [6.07, 6.45) is -0.886. The molecule has 1 amide bonds. The molecule has 0 aromatic heterocycles. The third-order valence-corrected chi connectivity index (χ3v) is 3.11. The van der Waals surface area contributed by atoms with Gasteiger partial charge in [0.05, 0.1) is 6.10 Å². The first-order chi connectivity index (χ1) is 10.5. The number of ether oxygens (including phenoxy) is 1. The van der Waals surface area contributed by atoms with E-state index >= 15 is 0 Å². The Bertz CT molecular complexity index is 628. The molecule has 2 rings (SSSR count). The molecular formula is C17H18FNO3. The molecule has 2 aromatic carbocycles. The van der Waals surface area contributed by atoms with E-state index in [0.717, 1.165) is 5.56 Å². The number of hydrogen-bond acceptors (Lipinski definition) is 3. The molecule has 5 heteroatoms. The van der Waals surface area contributed by atoms with Gasteiger partial charge in [0.15, 0.2) is 6.61 Å². The van der Waals surface area contributed by atoms with Crippen LogP contribution in [0.5, 0.6) is 5.75 Å². The van der Waals surface area contributed by atoms with Crippen LogP contribution in [0.1, 0.15) is 17.2 Å². The fourth-order valence-corrected chi connectivity index (χ4v) is 1.92. The number of carbonyl (C=O) groups excluding carboxylic acids is 1. The van der Waals surface area contributed by atoms with Crippen LogP contribution >= 0.6 is 0 Å². The maximum atomic E-state index is 12.8. The first-order valence-electron chi connectivity index (χ1n) is 6.94. The molecule has 0 fully saturated rings. The normalized spacial score (nSPS) is 11.8. The van der Waals surface area contributed by atoms with Crippen LogP contribution < -0.4 is 10.1 Å². The predicted molar refractivity (Wildman–Crippen MR) is 81.0 cm³/mol. The zero-order valence-corrected chi connectivity index (χ0v) is 12.3. The second kappa shape index (κ2) is 7.56. The highest BCUT2D eigenvalue weighted by molar-refractivity contribution is 5.77. The minimum absolute atomic E-state index is 0.0433. The van der Waals surface area contributed by atoms with E-state index in [1.165, 1.54) is 24.3 Å². The van der Waals surface area contributed by atoms with E-state index in [-0.39, 0.29) is 24.9 Å². The van der Waals surface area contributed by atoms with Crippen LogP contribution in [0.15, 0.2) is 48.5 Å². The molecule has 0 aliphatic heterocycles. The van der Waals surface area contributed by atoms with Crippen LogP contribution in [-0.2, 0) is 4.79 Å². The van der Waals surface area contributed by atoms with E-state index in [1.807, 2.05) is 25.1 Å². The minimum atomic E-state index is -0.886. The zero-order chi connectivity index (χ0) is 15.9. The molecule has 0 saturated carbocycles. The first-order valence-corrected chi connectivity index (χ1v) is 6.94. The third kappa shape index (κ3) is 4.86. The number of amides is 1. The number of aliphatic hydroxyl groups excluding tert-OH is 1. The number of halogens is 1. The summed E-state index contributed by atoms with van der Waals surface area (Å²) in [5, 5.41) is 12.5. The van der Waals surface area contributed by atoms with Crippen LogP contribution in [-0.4, -0.2) is 24.2 Å². The fourth-order valence-electron chi connectivity index (χ4n) is 1.92. The number of aryl methyl sites for hydroxylation is 1. The monoisotopic (exact) mass is 303 g/mol. The Balaban J connectivity index is 1.76. The minimum Gasteiger partial charge on any atom is -0.484 e. The standard InChI is InChI=1S/C17H18FNO3/c1-12-3-2-4-15(9-12)22-11-17(21)19-10-16(20)13-5-7-14(18)8-6-13/h2-9,16,20H,10-11H2,1H3,(H,19,21). The highest BCUT2D eigenvalue weighted by Gasteiger charge is 2.10. The summed E-state index contributed by atoms with van der Waals surface area (Å²) in [5.41, 5.74) is 1.59. The van der Waals surface area contributed by atoms with Crippen LogP contribution in [0, 0.1) is 12.7 Å². The number of rotatable bonds is 6. The molecule has 0 aliphatic rings. The van der Waals surface area contributed by atoms with Crippen molar-refractivity contribution in [2.45, 2.75) is 13.0 Å². The van der Waals surface area contributed by atoms with E-state index in [0.29, 0.717) is 11.3 Å². The molecular weight excluding hydrogens is 285 g/mol. The molecule has 0 saturated heterocycles. The van der Waals surface area contributed by atoms with Gasteiger partial charge in [-0.1, -0.05) is 24.3 Å². The van der Waals surface area contributed by atoms with E-state index in [9.17, 15) is 14.3 Å². The van der Waals surface area contributed by atoms with E-state index in [2.05, 4.69) is 5.32 Å². The van der Waals surface area contributed by atoms with Crippen molar-refractivity contribution in [2.24, 2.45) is 0 Å². The molecule has 0 spiro atoms. The van der Waals surface area contributed by atoms with Crippen LogP contribution in [0.4, 0.5) is 4.39 Å². The molecule has 22 heavy (non-hydrogen) atoms. The summed E-state index contributed by atoms with van der Waals surface area (Å²) in [7, 11) is 0. The summed E-state index contributed by atoms with van der Waals surface area (Å²) in [6.45, 7) is 1.85. The van der Waals surface area contributed by atoms with Gasteiger partial charge >= 0.3 is 0 Å². The van der Waals surface area contributed by atoms with Crippen molar-refractivity contribution >= 4 is 5.91 Å². The molecule has 0 radical (unpaired) electrons. The summed E-state index contributed by atoms with van der Waals surface area (Å²) in [6, 6.07) is 12.9. The Morgan fingerprint density at radius 1 is 1.27 bits per heavy atom. The van der Waals surface area contributed by atoms with E-state index in [4.69, 9.17) is 4.74 Å². The largest absolute Gasteiger partial charge is 0.484 e. The fraction of sp³-hybridized carbons (Fsp3) is 0.235. The molecule has 0 heterocycles. The molecule has 1 unspecified atom stereocenters. The van der Waals surface area contributed by atoms with Crippen molar-refractivity contribution in [1.82, 2.24) is 5.32 Å². The van der Waals surface area contributed by atoms with Gasteiger partial charge in [-0.25, -0.2) is 4.39 Å². The smallest absolute Gasteiger partial charge is 0.258 e. The first kappa shape index (κ1) is 16.0. The number of benzene rings is 2. The lowest BCUT2D eigenvalue weighted by molar-refractivity contribution is -0.123. The SMILES string of the molecule is Cc1cccc(OCC(=O)NCC(O)c2ccc(F)cc2)c1. The Morgan fingerprint density at radius 2 is 2.00 bits per heavy atom. The molecule has 1 atom stereocenters. The van der Waals surface area contributed by atoms with Gasteiger partial charge in [-0.2, -0.15) is 0 Å². The quantitative estimate of drug-likeness (QED) is 0.861. The number of hydrogen-bond donors (Lipinski definition) is 2. The Hall–Kier alpha value is -2.40. The highest BCUT2D eigenvalue weighted by Crippen LogP contribution is 2.13. The van der Waals surface area contributed by atoms with E-state index < -0.39 is 6.10 Å². The van der Waals surface area contributed by atoms with Gasteiger partial charge in [0.1, 0.15) is 11.6 Å². The maximum absolute atomic E-state index is 12.8. The van der Waals surface area contributed by atoms with Gasteiger partial charge in [-0.15, -0.1) is 0 Å². The topological polar surface area (TPSA) is 58.6 Å². The molecule has 0 aliphatic carbocycles.